The normalized spacial score (nSPS) is 14.0. The van der Waals surface area contributed by atoms with Crippen molar-refractivity contribution in [3.63, 3.8) is 0 Å². The molecule has 0 bridgehead atoms. The van der Waals surface area contributed by atoms with E-state index in [1.54, 1.807) is 6.07 Å². The number of nitro benzene ring substituents is 1. The van der Waals surface area contributed by atoms with Crippen molar-refractivity contribution in [2.75, 3.05) is 18.0 Å². The van der Waals surface area contributed by atoms with Crippen LogP contribution in [0.15, 0.2) is 18.2 Å². The molecule has 6 heteroatoms. The van der Waals surface area contributed by atoms with E-state index in [4.69, 9.17) is 0 Å². The number of non-ortho nitro benzene ring substituents is 1. The summed E-state index contributed by atoms with van der Waals surface area (Å²) in [4.78, 5) is 21.5. The van der Waals surface area contributed by atoms with Crippen LogP contribution in [-0.2, 0) is 0 Å². The van der Waals surface area contributed by atoms with E-state index in [1.165, 1.54) is 12.1 Å². The summed E-state index contributed by atoms with van der Waals surface area (Å²) in [6.07, 6.45) is 2.33. The Labute approximate surface area is 124 Å². The van der Waals surface area contributed by atoms with Gasteiger partial charge in [0.1, 0.15) is 11.6 Å². The van der Waals surface area contributed by atoms with Gasteiger partial charge >= 0.3 is 0 Å². The molecule has 6 nitrogen and oxygen atoms in total. The molecule has 2 aromatic rings. The molecule has 0 N–H and O–H groups in total. The molecule has 0 saturated carbocycles. The molecule has 3 rings (SSSR count). The van der Waals surface area contributed by atoms with Gasteiger partial charge in [-0.2, -0.15) is 0 Å². The number of hydrogen-bond acceptors (Lipinski definition) is 5. The summed E-state index contributed by atoms with van der Waals surface area (Å²) in [7, 11) is 0. The summed E-state index contributed by atoms with van der Waals surface area (Å²) < 4.78 is 0. The van der Waals surface area contributed by atoms with Crippen molar-refractivity contribution in [1.82, 2.24) is 9.97 Å². The van der Waals surface area contributed by atoms with Crippen molar-refractivity contribution in [1.29, 1.82) is 0 Å². The minimum atomic E-state index is -0.396. The Morgan fingerprint density at radius 3 is 2.48 bits per heavy atom. The average molecular weight is 288 g/mol. The van der Waals surface area contributed by atoms with Gasteiger partial charge < -0.3 is 4.90 Å². The molecule has 0 aliphatic carbocycles. The molecule has 0 radical (unpaired) electrons. The number of nitrogens with zero attached hydrogens (tertiary/aromatic N) is 4. The van der Waals surface area contributed by atoms with Crippen molar-refractivity contribution in [2.24, 2.45) is 0 Å². The van der Waals surface area contributed by atoms with E-state index >= 15 is 0 Å². The molecule has 2 heterocycles. The first kappa shape index (κ1) is 15.2. The second-order valence-electron chi connectivity index (χ2n) is 4.75. The molecule has 1 aromatic heterocycles. The number of hydrogen-bond donors (Lipinski definition) is 0. The van der Waals surface area contributed by atoms with Crippen LogP contribution in [0.1, 0.15) is 32.5 Å². The Bertz CT molecular complexity index is 651. The Morgan fingerprint density at radius 2 is 1.86 bits per heavy atom. The van der Waals surface area contributed by atoms with Gasteiger partial charge in [-0.25, -0.2) is 9.97 Å². The first-order valence-corrected chi connectivity index (χ1v) is 7.33. The predicted molar refractivity (Wildman–Crippen MR) is 83.7 cm³/mol. The zero-order valence-electron chi connectivity index (χ0n) is 12.7. The van der Waals surface area contributed by atoms with Gasteiger partial charge in [-0.15, -0.1) is 0 Å². The third-order valence-electron chi connectivity index (χ3n) is 3.39. The molecule has 0 spiro atoms. The van der Waals surface area contributed by atoms with Gasteiger partial charge in [0.2, 0.25) is 0 Å². The van der Waals surface area contributed by atoms with E-state index in [9.17, 15) is 10.1 Å². The number of fused-ring (bicyclic) bond motifs is 1. The Balaban J connectivity index is 0.000000774. The van der Waals surface area contributed by atoms with Crippen LogP contribution in [0.25, 0.3) is 10.9 Å². The first-order valence-electron chi connectivity index (χ1n) is 7.33. The minimum Gasteiger partial charge on any atom is -0.356 e. The lowest BCUT2D eigenvalue weighted by Gasteiger charge is -2.18. The van der Waals surface area contributed by atoms with Crippen molar-refractivity contribution >= 4 is 22.4 Å². The summed E-state index contributed by atoms with van der Waals surface area (Å²) in [6.45, 7) is 7.79. The summed E-state index contributed by atoms with van der Waals surface area (Å²) in [5, 5.41) is 11.7. The third-order valence-corrected chi connectivity index (χ3v) is 3.39. The van der Waals surface area contributed by atoms with E-state index in [-0.39, 0.29) is 5.69 Å². The standard InChI is InChI=1S/C13H14N4O2.C2H6/c1-9-14-12-8-10(17(18)19)4-5-11(12)13(15-9)16-6-2-3-7-16;1-2/h4-5,8H,2-3,6-7H2,1H3;1-2H3. The monoisotopic (exact) mass is 288 g/mol. The largest absolute Gasteiger partial charge is 0.356 e. The highest BCUT2D eigenvalue weighted by Crippen LogP contribution is 2.29. The molecular weight excluding hydrogens is 268 g/mol. The quantitative estimate of drug-likeness (QED) is 0.625. The van der Waals surface area contributed by atoms with E-state index in [1.807, 2.05) is 20.8 Å². The van der Waals surface area contributed by atoms with Crippen LogP contribution in [0, 0.1) is 17.0 Å². The molecule has 1 aliphatic heterocycles. The van der Waals surface area contributed by atoms with Crippen LogP contribution in [0.5, 0.6) is 0 Å². The van der Waals surface area contributed by atoms with Crippen LogP contribution >= 0.6 is 0 Å². The molecule has 1 fully saturated rings. The van der Waals surface area contributed by atoms with Gasteiger partial charge in [0.25, 0.3) is 5.69 Å². The second-order valence-corrected chi connectivity index (χ2v) is 4.75. The highest BCUT2D eigenvalue weighted by Gasteiger charge is 2.18. The van der Waals surface area contributed by atoms with Crippen molar-refractivity contribution < 1.29 is 4.92 Å². The smallest absolute Gasteiger partial charge is 0.271 e. The second kappa shape index (κ2) is 6.47. The van der Waals surface area contributed by atoms with Crippen molar-refractivity contribution in [2.45, 2.75) is 33.6 Å². The van der Waals surface area contributed by atoms with Crippen molar-refractivity contribution in [3.8, 4) is 0 Å². The zero-order chi connectivity index (χ0) is 15.4. The average Bonchev–Trinajstić information content (AvgIpc) is 3.01. The van der Waals surface area contributed by atoms with E-state index in [2.05, 4.69) is 14.9 Å². The maximum absolute atomic E-state index is 10.8. The minimum absolute atomic E-state index is 0.0676. The van der Waals surface area contributed by atoms with Gasteiger partial charge in [-0.1, -0.05) is 13.8 Å². The molecule has 21 heavy (non-hydrogen) atoms. The zero-order valence-corrected chi connectivity index (χ0v) is 12.7. The maximum atomic E-state index is 10.8. The fourth-order valence-electron chi connectivity index (χ4n) is 2.50. The fraction of sp³-hybridized carbons (Fsp3) is 0.467. The molecule has 0 unspecified atom stereocenters. The number of rotatable bonds is 2. The van der Waals surface area contributed by atoms with Crippen LogP contribution in [0.4, 0.5) is 11.5 Å². The van der Waals surface area contributed by atoms with Crippen LogP contribution in [-0.4, -0.2) is 28.0 Å². The van der Waals surface area contributed by atoms with Gasteiger partial charge in [-0.3, -0.25) is 10.1 Å². The summed E-state index contributed by atoms with van der Waals surface area (Å²) in [5.41, 5.74) is 0.710. The molecule has 1 saturated heterocycles. The lowest BCUT2D eigenvalue weighted by atomic mass is 10.2. The van der Waals surface area contributed by atoms with E-state index in [0.29, 0.717) is 11.3 Å². The highest BCUT2D eigenvalue weighted by atomic mass is 16.6. The topological polar surface area (TPSA) is 72.2 Å². The van der Waals surface area contributed by atoms with Gasteiger partial charge in [-0.05, 0) is 25.8 Å². The van der Waals surface area contributed by atoms with Crippen molar-refractivity contribution in [3.05, 3.63) is 34.1 Å². The maximum Gasteiger partial charge on any atom is 0.271 e. The lowest BCUT2D eigenvalue weighted by molar-refractivity contribution is -0.384. The van der Waals surface area contributed by atoms with Gasteiger partial charge in [0.05, 0.1) is 10.4 Å². The number of benzene rings is 1. The van der Waals surface area contributed by atoms with E-state index < -0.39 is 4.92 Å². The molecule has 1 aliphatic rings. The van der Waals surface area contributed by atoms with E-state index in [0.717, 1.165) is 37.1 Å². The SMILES string of the molecule is CC.Cc1nc(N2CCCC2)c2ccc([N+](=O)[O-])cc2n1. The Morgan fingerprint density at radius 1 is 1.19 bits per heavy atom. The number of nitro groups is 1. The van der Waals surface area contributed by atoms with Crippen LogP contribution in [0.2, 0.25) is 0 Å². The molecule has 0 atom stereocenters. The lowest BCUT2D eigenvalue weighted by Crippen LogP contribution is -2.20. The van der Waals surface area contributed by atoms with Crippen LogP contribution in [0.3, 0.4) is 0 Å². The summed E-state index contributed by atoms with van der Waals surface area (Å²) >= 11 is 0. The number of aryl methyl sites for hydroxylation is 1. The third kappa shape index (κ3) is 3.09. The predicted octanol–water partition coefficient (Wildman–Crippen LogP) is 3.47. The molecule has 0 amide bonds. The summed E-state index contributed by atoms with van der Waals surface area (Å²) in [6, 6.07) is 4.78. The highest BCUT2D eigenvalue weighted by molar-refractivity contribution is 5.91. The number of anilines is 1. The van der Waals surface area contributed by atoms with Gasteiger partial charge in [0, 0.05) is 30.6 Å². The Hall–Kier alpha value is -2.24. The van der Waals surface area contributed by atoms with Crippen LogP contribution < -0.4 is 4.90 Å². The summed E-state index contributed by atoms with van der Waals surface area (Å²) in [5.74, 6) is 1.55. The number of aromatic nitrogens is 2. The molecule has 112 valence electrons. The Kier molecular flexibility index (Phi) is 4.67. The fourth-order valence-corrected chi connectivity index (χ4v) is 2.50. The van der Waals surface area contributed by atoms with Gasteiger partial charge in [0.15, 0.2) is 0 Å². The molecule has 1 aromatic carbocycles. The molecular formula is C15H20N4O2. The first-order chi connectivity index (χ1) is 10.1.